The van der Waals surface area contributed by atoms with Crippen molar-refractivity contribution in [2.45, 2.75) is 26.4 Å². The minimum atomic E-state index is 0.675. The smallest absolute Gasteiger partial charge is 0.107 e. The van der Waals surface area contributed by atoms with E-state index in [9.17, 15) is 0 Å². The molecule has 18 heavy (non-hydrogen) atoms. The number of nitrogens with zero attached hydrogens (tertiary/aromatic N) is 1. The molecule has 96 valence electrons. The van der Waals surface area contributed by atoms with Crippen LogP contribution in [0.3, 0.4) is 0 Å². The molecule has 3 nitrogen and oxygen atoms in total. The standard InChI is InChI=1S/C13H16ClN3S/c1-2-12-7-17-13(18-12)8-16-6-9-3-10(14)5-11(15)4-9/h3-5,7,16H,2,6,8,15H2,1H3. The lowest BCUT2D eigenvalue weighted by Gasteiger charge is -2.05. The first-order valence-corrected chi connectivity index (χ1v) is 7.06. The number of nitrogens with two attached hydrogens (primary N) is 1. The number of halogens is 1. The van der Waals surface area contributed by atoms with E-state index < -0.39 is 0 Å². The van der Waals surface area contributed by atoms with Gasteiger partial charge in [0.1, 0.15) is 5.01 Å². The summed E-state index contributed by atoms with van der Waals surface area (Å²) in [7, 11) is 0. The van der Waals surface area contributed by atoms with E-state index in [0.29, 0.717) is 10.7 Å². The van der Waals surface area contributed by atoms with Gasteiger partial charge in [0.15, 0.2) is 0 Å². The van der Waals surface area contributed by atoms with Gasteiger partial charge in [0.05, 0.1) is 0 Å². The lowest BCUT2D eigenvalue weighted by atomic mass is 10.2. The van der Waals surface area contributed by atoms with Crippen molar-refractivity contribution in [3.05, 3.63) is 44.9 Å². The first kappa shape index (κ1) is 13.3. The van der Waals surface area contributed by atoms with Crippen molar-refractivity contribution in [2.75, 3.05) is 5.73 Å². The SMILES string of the molecule is CCc1cnc(CNCc2cc(N)cc(Cl)c2)s1. The Morgan fingerprint density at radius 2 is 2.17 bits per heavy atom. The maximum Gasteiger partial charge on any atom is 0.107 e. The van der Waals surface area contributed by atoms with E-state index in [2.05, 4.69) is 17.2 Å². The number of rotatable bonds is 5. The van der Waals surface area contributed by atoms with Gasteiger partial charge in [-0.3, -0.25) is 0 Å². The van der Waals surface area contributed by atoms with Crippen LogP contribution in [0.5, 0.6) is 0 Å². The molecule has 1 aromatic heterocycles. The first-order valence-electron chi connectivity index (χ1n) is 5.86. The highest BCUT2D eigenvalue weighted by Gasteiger charge is 2.01. The molecule has 0 aliphatic rings. The van der Waals surface area contributed by atoms with Crippen LogP contribution in [0.1, 0.15) is 22.4 Å². The van der Waals surface area contributed by atoms with Crippen molar-refractivity contribution in [3.8, 4) is 0 Å². The van der Waals surface area contributed by atoms with Gasteiger partial charge in [0, 0.05) is 34.9 Å². The number of nitrogen functional groups attached to an aromatic ring is 1. The van der Waals surface area contributed by atoms with Gasteiger partial charge in [-0.2, -0.15) is 0 Å². The van der Waals surface area contributed by atoms with E-state index in [1.807, 2.05) is 18.3 Å². The van der Waals surface area contributed by atoms with Crippen molar-refractivity contribution in [2.24, 2.45) is 0 Å². The molecule has 0 aliphatic carbocycles. The van der Waals surface area contributed by atoms with Gasteiger partial charge in [0.2, 0.25) is 0 Å². The van der Waals surface area contributed by atoms with Gasteiger partial charge in [-0.15, -0.1) is 11.3 Å². The minimum absolute atomic E-state index is 0.675. The molecule has 3 N–H and O–H groups in total. The summed E-state index contributed by atoms with van der Waals surface area (Å²) in [6.07, 6.45) is 2.99. The predicted molar refractivity (Wildman–Crippen MR) is 77.9 cm³/mol. The summed E-state index contributed by atoms with van der Waals surface area (Å²) in [5.74, 6) is 0. The lowest BCUT2D eigenvalue weighted by Crippen LogP contribution is -2.12. The second kappa shape index (κ2) is 6.18. The number of aromatic nitrogens is 1. The summed E-state index contributed by atoms with van der Waals surface area (Å²) < 4.78 is 0. The number of thiazole rings is 1. The zero-order valence-electron chi connectivity index (χ0n) is 10.2. The van der Waals surface area contributed by atoms with Crippen molar-refractivity contribution < 1.29 is 0 Å². The molecular formula is C13H16ClN3S. The Hall–Kier alpha value is -1.10. The highest BCUT2D eigenvalue weighted by Crippen LogP contribution is 2.17. The quantitative estimate of drug-likeness (QED) is 0.828. The molecule has 0 bridgehead atoms. The Morgan fingerprint density at radius 1 is 1.33 bits per heavy atom. The van der Waals surface area contributed by atoms with Gasteiger partial charge >= 0.3 is 0 Å². The second-order valence-corrected chi connectivity index (χ2v) is 5.71. The fourth-order valence-corrected chi connectivity index (χ4v) is 2.78. The maximum atomic E-state index is 5.95. The number of hydrogen-bond donors (Lipinski definition) is 2. The van der Waals surface area contributed by atoms with Crippen LogP contribution < -0.4 is 11.1 Å². The van der Waals surface area contributed by atoms with Crippen LogP contribution in [0, 0.1) is 0 Å². The van der Waals surface area contributed by atoms with E-state index >= 15 is 0 Å². The topological polar surface area (TPSA) is 50.9 Å². The molecule has 0 aliphatic heterocycles. The van der Waals surface area contributed by atoms with Crippen LogP contribution >= 0.6 is 22.9 Å². The average Bonchev–Trinajstić information content (AvgIpc) is 2.76. The third-order valence-electron chi connectivity index (χ3n) is 2.54. The third-order valence-corrected chi connectivity index (χ3v) is 3.90. The number of hydrogen-bond acceptors (Lipinski definition) is 4. The third kappa shape index (κ3) is 3.70. The van der Waals surface area contributed by atoms with Gasteiger partial charge in [0.25, 0.3) is 0 Å². The first-order chi connectivity index (χ1) is 8.67. The summed E-state index contributed by atoms with van der Waals surface area (Å²) in [6.45, 7) is 3.66. The Morgan fingerprint density at radius 3 is 2.83 bits per heavy atom. The molecule has 0 atom stereocenters. The van der Waals surface area contributed by atoms with Crippen LogP contribution in [-0.2, 0) is 19.5 Å². The Balaban J connectivity index is 1.88. The van der Waals surface area contributed by atoms with Gasteiger partial charge in [-0.05, 0) is 30.2 Å². The van der Waals surface area contributed by atoms with Gasteiger partial charge < -0.3 is 11.1 Å². The molecular weight excluding hydrogens is 266 g/mol. The number of anilines is 1. The molecule has 0 unspecified atom stereocenters. The fraction of sp³-hybridized carbons (Fsp3) is 0.308. The van der Waals surface area contributed by atoms with Crippen molar-refractivity contribution in [1.82, 2.24) is 10.3 Å². The Kier molecular flexibility index (Phi) is 4.58. The molecule has 1 aromatic carbocycles. The molecule has 0 radical (unpaired) electrons. The van der Waals surface area contributed by atoms with E-state index in [1.54, 1.807) is 17.4 Å². The summed E-state index contributed by atoms with van der Waals surface area (Å²) in [5.41, 5.74) is 7.53. The minimum Gasteiger partial charge on any atom is -0.399 e. The number of nitrogens with one attached hydrogen (secondary N) is 1. The maximum absolute atomic E-state index is 5.95. The van der Waals surface area contributed by atoms with Crippen LogP contribution in [-0.4, -0.2) is 4.98 Å². The van der Waals surface area contributed by atoms with Crippen molar-refractivity contribution in [3.63, 3.8) is 0 Å². The Bertz CT molecular complexity index is 504. The fourth-order valence-electron chi connectivity index (χ4n) is 1.68. The molecule has 2 aromatic rings. The molecule has 5 heteroatoms. The van der Waals surface area contributed by atoms with Crippen molar-refractivity contribution >= 4 is 28.6 Å². The van der Waals surface area contributed by atoms with Crippen LogP contribution in [0.15, 0.2) is 24.4 Å². The molecule has 1 heterocycles. The lowest BCUT2D eigenvalue weighted by molar-refractivity contribution is 0.690. The monoisotopic (exact) mass is 281 g/mol. The molecule has 0 amide bonds. The summed E-state index contributed by atoms with van der Waals surface area (Å²) in [4.78, 5) is 5.68. The molecule has 0 spiro atoms. The van der Waals surface area contributed by atoms with Gasteiger partial charge in [-0.1, -0.05) is 18.5 Å². The Labute approximate surface area is 116 Å². The molecule has 0 saturated heterocycles. The molecule has 0 saturated carbocycles. The zero-order chi connectivity index (χ0) is 13.0. The van der Waals surface area contributed by atoms with E-state index in [0.717, 1.165) is 30.1 Å². The normalized spacial score (nSPS) is 10.8. The van der Waals surface area contributed by atoms with Crippen molar-refractivity contribution in [1.29, 1.82) is 0 Å². The number of benzene rings is 1. The number of aryl methyl sites for hydroxylation is 1. The van der Waals surface area contributed by atoms with E-state index in [4.69, 9.17) is 17.3 Å². The predicted octanol–water partition coefficient (Wildman–Crippen LogP) is 3.23. The highest BCUT2D eigenvalue weighted by atomic mass is 35.5. The van der Waals surface area contributed by atoms with Crippen LogP contribution in [0.4, 0.5) is 5.69 Å². The largest absolute Gasteiger partial charge is 0.399 e. The highest BCUT2D eigenvalue weighted by molar-refractivity contribution is 7.11. The average molecular weight is 282 g/mol. The van der Waals surface area contributed by atoms with Gasteiger partial charge in [-0.25, -0.2) is 4.98 Å². The summed E-state index contributed by atoms with van der Waals surface area (Å²) in [5, 5.41) is 5.13. The molecule has 2 rings (SSSR count). The molecule has 0 fully saturated rings. The second-order valence-electron chi connectivity index (χ2n) is 4.07. The summed E-state index contributed by atoms with van der Waals surface area (Å²) >= 11 is 7.70. The van der Waals surface area contributed by atoms with Crippen LogP contribution in [0.25, 0.3) is 0 Å². The van der Waals surface area contributed by atoms with E-state index in [-0.39, 0.29) is 0 Å². The zero-order valence-corrected chi connectivity index (χ0v) is 11.8. The summed E-state index contributed by atoms with van der Waals surface area (Å²) in [6, 6.07) is 5.60. The van der Waals surface area contributed by atoms with E-state index in [1.165, 1.54) is 4.88 Å². The van der Waals surface area contributed by atoms with Crippen LogP contribution in [0.2, 0.25) is 5.02 Å².